The van der Waals surface area contributed by atoms with E-state index in [9.17, 15) is 14.7 Å². The van der Waals surface area contributed by atoms with E-state index in [0.29, 0.717) is 30.9 Å². The molecule has 2 N–H and O–H groups in total. The Kier molecular flexibility index (Phi) is 4.85. The highest BCUT2D eigenvalue weighted by atomic mass is 16.5. The molecule has 0 aliphatic carbocycles. The van der Waals surface area contributed by atoms with Crippen molar-refractivity contribution in [3.8, 4) is 5.75 Å². The average molecular weight is 251 g/mol. The number of ether oxygens (including phenoxy) is 1. The predicted octanol–water partition coefficient (Wildman–Crippen LogP) is 0.765. The summed E-state index contributed by atoms with van der Waals surface area (Å²) in [5.41, 5.74) is -0.947. The molecular weight excluding hydrogens is 234 g/mol. The van der Waals surface area contributed by atoms with Gasteiger partial charge in [0.1, 0.15) is 18.0 Å². The molecule has 0 saturated heterocycles. The van der Waals surface area contributed by atoms with E-state index in [2.05, 4.69) is 5.32 Å². The van der Waals surface area contributed by atoms with Gasteiger partial charge in [0, 0.05) is 5.56 Å². The zero-order chi connectivity index (χ0) is 13.6. The average Bonchev–Trinajstić information content (AvgIpc) is 2.33. The number of rotatable bonds is 7. The molecule has 5 nitrogen and oxygen atoms in total. The van der Waals surface area contributed by atoms with E-state index < -0.39 is 5.60 Å². The summed E-state index contributed by atoms with van der Waals surface area (Å²) in [5, 5.41) is 12.1. The lowest BCUT2D eigenvalue weighted by atomic mass is 9.97. The molecule has 0 radical (unpaired) electrons. The van der Waals surface area contributed by atoms with Crippen molar-refractivity contribution < 1.29 is 19.4 Å². The van der Waals surface area contributed by atoms with E-state index in [-0.39, 0.29) is 5.78 Å². The fourth-order valence-corrected chi connectivity index (χ4v) is 1.34. The van der Waals surface area contributed by atoms with Crippen LogP contribution in [0.5, 0.6) is 5.75 Å². The van der Waals surface area contributed by atoms with Gasteiger partial charge in [0.05, 0.1) is 6.54 Å². The Morgan fingerprint density at radius 1 is 1.39 bits per heavy atom. The van der Waals surface area contributed by atoms with Gasteiger partial charge in [-0.05, 0) is 38.1 Å². The number of Topliss-reactive ketones (excluding diaryl/α,β-unsaturated/α-hetero) is 1. The van der Waals surface area contributed by atoms with Gasteiger partial charge in [-0.25, -0.2) is 0 Å². The Morgan fingerprint density at radius 2 is 2.00 bits per heavy atom. The van der Waals surface area contributed by atoms with E-state index in [1.807, 2.05) is 0 Å². The number of benzene rings is 1. The molecule has 0 bridgehead atoms. The summed E-state index contributed by atoms with van der Waals surface area (Å²) < 4.78 is 5.33. The van der Waals surface area contributed by atoms with Crippen LogP contribution in [0, 0.1) is 0 Å². The van der Waals surface area contributed by atoms with Crippen LogP contribution in [0.3, 0.4) is 0 Å². The Labute approximate surface area is 106 Å². The maximum Gasteiger partial charge on any atom is 0.207 e. The van der Waals surface area contributed by atoms with Crippen molar-refractivity contribution in [2.45, 2.75) is 19.4 Å². The maximum atomic E-state index is 11.7. The molecule has 1 aromatic rings. The molecule has 0 spiro atoms. The number of aliphatic hydroxyl groups is 1. The number of hydrogen-bond donors (Lipinski definition) is 2. The van der Waals surface area contributed by atoms with Gasteiger partial charge in [0.25, 0.3) is 0 Å². The van der Waals surface area contributed by atoms with Crippen LogP contribution in [0.4, 0.5) is 0 Å². The first-order valence-electron chi connectivity index (χ1n) is 5.62. The summed E-state index contributed by atoms with van der Waals surface area (Å²) >= 11 is 0. The van der Waals surface area contributed by atoms with Crippen molar-refractivity contribution in [1.29, 1.82) is 0 Å². The predicted molar refractivity (Wildman–Crippen MR) is 66.6 cm³/mol. The molecule has 98 valence electrons. The van der Waals surface area contributed by atoms with Gasteiger partial charge in [-0.1, -0.05) is 0 Å². The fraction of sp³-hybridized carbons (Fsp3) is 0.385. The molecule has 0 unspecified atom stereocenters. The number of ketones is 1. The van der Waals surface area contributed by atoms with Gasteiger partial charge in [-0.2, -0.15) is 0 Å². The molecule has 5 heteroatoms. The van der Waals surface area contributed by atoms with Crippen molar-refractivity contribution >= 4 is 12.2 Å². The molecule has 0 heterocycles. The Balaban J connectivity index is 2.57. The molecule has 0 aliphatic heterocycles. The Morgan fingerprint density at radius 3 is 2.50 bits per heavy atom. The van der Waals surface area contributed by atoms with Crippen molar-refractivity contribution in [2.75, 3.05) is 13.2 Å². The first-order chi connectivity index (χ1) is 8.45. The molecule has 18 heavy (non-hydrogen) atoms. The lowest BCUT2D eigenvalue weighted by molar-refractivity contribution is -0.109. The van der Waals surface area contributed by atoms with Crippen LogP contribution in [0.15, 0.2) is 24.3 Å². The molecule has 0 aromatic heterocycles. The fourth-order valence-electron chi connectivity index (χ4n) is 1.34. The normalized spacial score (nSPS) is 10.8. The topological polar surface area (TPSA) is 75.6 Å². The molecule has 1 rings (SSSR count). The number of carbonyl (C=O) groups excluding carboxylic acids is 2. The van der Waals surface area contributed by atoms with Crippen LogP contribution in [-0.2, 0) is 4.79 Å². The van der Waals surface area contributed by atoms with Gasteiger partial charge >= 0.3 is 0 Å². The van der Waals surface area contributed by atoms with E-state index in [4.69, 9.17) is 4.74 Å². The monoisotopic (exact) mass is 251 g/mol. The van der Waals surface area contributed by atoms with Crippen molar-refractivity contribution in [2.24, 2.45) is 0 Å². The van der Waals surface area contributed by atoms with Crippen LogP contribution in [0.25, 0.3) is 0 Å². The largest absolute Gasteiger partial charge is 0.492 e. The van der Waals surface area contributed by atoms with Gasteiger partial charge in [-0.15, -0.1) is 0 Å². The summed E-state index contributed by atoms with van der Waals surface area (Å²) in [7, 11) is 0. The lowest BCUT2D eigenvalue weighted by Gasteiger charge is -2.15. The number of amides is 1. The minimum absolute atomic E-state index is 0.336. The van der Waals surface area contributed by atoms with Gasteiger partial charge in [-0.3, -0.25) is 9.59 Å². The first kappa shape index (κ1) is 14.2. The summed E-state index contributed by atoms with van der Waals surface area (Å²) in [6, 6.07) is 6.51. The third-order valence-corrected chi connectivity index (χ3v) is 2.27. The maximum absolute atomic E-state index is 11.7. The standard InChI is InChI=1S/C13H17NO4/c1-13(2,17)12(16)10-3-5-11(6-4-10)18-8-7-14-9-15/h3-6,9,17H,7-8H2,1-2H3,(H,14,15). The summed E-state index contributed by atoms with van der Waals surface area (Å²) in [4.78, 5) is 21.7. The summed E-state index contributed by atoms with van der Waals surface area (Å²) in [5.74, 6) is 0.270. The Bertz CT molecular complexity index is 406. The molecule has 0 atom stereocenters. The summed E-state index contributed by atoms with van der Waals surface area (Å²) in [6.07, 6.45) is 0.606. The quantitative estimate of drug-likeness (QED) is 0.426. The zero-order valence-corrected chi connectivity index (χ0v) is 10.5. The SMILES string of the molecule is CC(C)(O)C(=O)c1ccc(OCCNC=O)cc1. The number of hydrogen-bond acceptors (Lipinski definition) is 4. The van der Waals surface area contributed by atoms with Crippen LogP contribution < -0.4 is 10.1 Å². The van der Waals surface area contributed by atoms with Crippen molar-refractivity contribution in [3.05, 3.63) is 29.8 Å². The van der Waals surface area contributed by atoms with Gasteiger partial charge in [0.2, 0.25) is 6.41 Å². The summed E-state index contributed by atoms with van der Waals surface area (Å²) in [6.45, 7) is 3.68. The minimum Gasteiger partial charge on any atom is -0.492 e. The van der Waals surface area contributed by atoms with Gasteiger partial charge < -0.3 is 15.2 Å². The van der Waals surface area contributed by atoms with Crippen LogP contribution >= 0.6 is 0 Å². The van der Waals surface area contributed by atoms with E-state index in [0.717, 1.165) is 0 Å². The van der Waals surface area contributed by atoms with E-state index in [1.165, 1.54) is 13.8 Å². The van der Waals surface area contributed by atoms with Gasteiger partial charge in [0.15, 0.2) is 5.78 Å². The van der Waals surface area contributed by atoms with Crippen LogP contribution in [-0.4, -0.2) is 36.1 Å². The van der Waals surface area contributed by atoms with Crippen molar-refractivity contribution in [3.63, 3.8) is 0 Å². The third-order valence-electron chi connectivity index (χ3n) is 2.27. The van der Waals surface area contributed by atoms with E-state index in [1.54, 1.807) is 24.3 Å². The van der Waals surface area contributed by atoms with Crippen LogP contribution in [0.1, 0.15) is 24.2 Å². The molecular formula is C13H17NO4. The number of carbonyl (C=O) groups is 2. The second-order valence-corrected chi connectivity index (χ2v) is 4.33. The molecule has 0 aliphatic rings. The molecule has 1 amide bonds. The highest BCUT2D eigenvalue weighted by Crippen LogP contribution is 2.16. The highest BCUT2D eigenvalue weighted by Gasteiger charge is 2.24. The van der Waals surface area contributed by atoms with Crippen molar-refractivity contribution in [1.82, 2.24) is 5.32 Å². The first-order valence-corrected chi connectivity index (χ1v) is 5.62. The molecule has 1 aromatic carbocycles. The zero-order valence-electron chi connectivity index (χ0n) is 10.5. The van der Waals surface area contributed by atoms with E-state index >= 15 is 0 Å². The van der Waals surface area contributed by atoms with Crippen LogP contribution in [0.2, 0.25) is 0 Å². The second kappa shape index (κ2) is 6.16. The smallest absolute Gasteiger partial charge is 0.207 e. The number of nitrogens with one attached hydrogen (secondary N) is 1. The molecule has 0 fully saturated rings. The molecule has 0 saturated carbocycles. The highest BCUT2D eigenvalue weighted by molar-refractivity contribution is 6.01. The third kappa shape index (κ3) is 4.18. The second-order valence-electron chi connectivity index (χ2n) is 4.33. The lowest BCUT2D eigenvalue weighted by Crippen LogP contribution is -2.30. The minimum atomic E-state index is -1.38. The Hall–Kier alpha value is -1.88.